The fraction of sp³-hybridized carbons (Fsp3) is 0.417. The van der Waals surface area contributed by atoms with Crippen molar-refractivity contribution in [2.24, 2.45) is 0 Å². The molecular weight excluding hydrogens is 284 g/mol. The molecule has 2 aliphatic heterocycles. The van der Waals surface area contributed by atoms with E-state index in [1.54, 1.807) is 0 Å². The Hall–Kier alpha value is -1.21. The summed E-state index contributed by atoms with van der Waals surface area (Å²) in [7, 11) is -2.88. The van der Waals surface area contributed by atoms with E-state index in [1.807, 2.05) is 18.2 Å². The van der Waals surface area contributed by atoms with Crippen LogP contribution in [-0.4, -0.2) is 37.6 Å². The molecule has 0 saturated carbocycles. The lowest BCUT2D eigenvalue weighted by molar-refractivity contribution is -0.113. The summed E-state index contributed by atoms with van der Waals surface area (Å²) in [6.45, 7) is 0. The second kappa shape index (κ2) is 4.72. The van der Waals surface area contributed by atoms with Gasteiger partial charge < -0.3 is 10.6 Å². The van der Waals surface area contributed by atoms with E-state index in [0.717, 1.165) is 16.3 Å². The van der Waals surface area contributed by atoms with Crippen LogP contribution in [-0.2, 0) is 14.6 Å². The minimum absolute atomic E-state index is 0.00176. The van der Waals surface area contributed by atoms with Gasteiger partial charge in [0.2, 0.25) is 5.91 Å². The predicted octanol–water partition coefficient (Wildman–Crippen LogP) is 1.33. The van der Waals surface area contributed by atoms with Gasteiger partial charge in [-0.3, -0.25) is 4.79 Å². The van der Waals surface area contributed by atoms with Crippen LogP contribution in [0.5, 0.6) is 0 Å². The normalized spacial score (nSPS) is 24.6. The highest BCUT2D eigenvalue weighted by atomic mass is 32.2. The Morgan fingerprint density at radius 2 is 2.21 bits per heavy atom. The molecule has 19 heavy (non-hydrogen) atoms. The molecule has 0 aromatic heterocycles. The second-order valence-corrected chi connectivity index (χ2v) is 8.04. The minimum Gasteiger partial charge on any atom is -0.381 e. The Balaban J connectivity index is 1.76. The van der Waals surface area contributed by atoms with Crippen LogP contribution >= 0.6 is 11.8 Å². The minimum atomic E-state index is -2.88. The molecule has 1 fully saturated rings. The molecule has 3 rings (SSSR count). The molecule has 0 aliphatic carbocycles. The molecule has 2 N–H and O–H groups in total. The number of anilines is 2. The van der Waals surface area contributed by atoms with Gasteiger partial charge in [0, 0.05) is 16.6 Å². The van der Waals surface area contributed by atoms with Gasteiger partial charge >= 0.3 is 0 Å². The van der Waals surface area contributed by atoms with E-state index in [4.69, 9.17) is 0 Å². The predicted molar refractivity (Wildman–Crippen MR) is 76.5 cm³/mol. The third-order valence-electron chi connectivity index (χ3n) is 3.22. The number of nitrogens with one attached hydrogen (secondary N) is 2. The Labute approximate surface area is 116 Å². The van der Waals surface area contributed by atoms with E-state index in [2.05, 4.69) is 10.6 Å². The maximum atomic E-state index is 11.4. The fourth-order valence-electron chi connectivity index (χ4n) is 2.32. The first kappa shape index (κ1) is 12.8. The lowest BCUT2D eigenvalue weighted by atomic mass is 10.2. The maximum Gasteiger partial charge on any atom is 0.234 e. The largest absolute Gasteiger partial charge is 0.381 e. The summed E-state index contributed by atoms with van der Waals surface area (Å²) in [6, 6.07) is 5.71. The van der Waals surface area contributed by atoms with Crippen LogP contribution in [0.15, 0.2) is 23.1 Å². The summed E-state index contributed by atoms with van der Waals surface area (Å²) in [5.41, 5.74) is 1.65. The average molecular weight is 298 g/mol. The number of fused-ring (bicyclic) bond motifs is 1. The molecule has 1 unspecified atom stereocenters. The zero-order valence-corrected chi connectivity index (χ0v) is 11.8. The standard InChI is InChI=1S/C12H14N2O3S2/c15-12-6-18-11-2-1-8(5-10(11)14-12)13-9-3-4-19(16,17)7-9/h1-2,5,9,13H,3-4,6-7H2,(H,14,15). The SMILES string of the molecule is O=C1CSc2ccc(NC3CCS(=O)(=O)C3)cc2N1. The molecule has 1 amide bonds. The average Bonchev–Trinajstić information content (AvgIpc) is 2.68. The Morgan fingerprint density at radius 3 is 2.95 bits per heavy atom. The Kier molecular flexibility index (Phi) is 3.18. The number of hydrogen-bond donors (Lipinski definition) is 2. The molecular formula is C12H14N2O3S2. The quantitative estimate of drug-likeness (QED) is 0.861. The van der Waals surface area contributed by atoms with Gasteiger partial charge in [-0.15, -0.1) is 11.8 Å². The van der Waals surface area contributed by atoms with Gasteiger partial charge in [-0.1, -0.05) is 0 Å². The molecule has 1 aromatic carbocycles. The van der Waals surface area contributed by atoms with Gasteiger partial charge in [-0.25, -0.2) is 8.42 Å². The van der Waals surface area contributed by atoms with Crippen LogP contribution in [0.1, 0.15) is 6.42 Å². The molecule has 1 saturated heterocycles. The molecule has 2 heterocycles. The summed E-state index contributed by atoms with van der Waals surface area (Å²) in [6.07, 6.45) is 0.639. The highest BCUT2D eigenvalue weighted by Crippen LogP contribution is 2.33. The molecule has 102 valence electrons. The molecule has 0 radical (unpaired) electrons. The van der Waals surface area contributed by atoms with Crippen molar-refractivity contribution in [3.63, 3.8) is 0 Å². The topological polar surface area (TPSA) is 75.3 Å². The number of carbonyl (C=O) groups excluding carboxylic acids is 1. The Bertz CT molecular complexity index is 628. The van der Waals surface area contributed by atoms with Crippen molar-refractivity contribution in [3.8, 4) is 0 Å². The maximum absolute atomic E-state index is 11.4. The van der Waals surface area contributed by atoms with Crippen LogP contribution in [0.2, 0.25) is 0 Å². The number of thioether (sulfide) groups is 1. The molecule has 1 atom stereocenters. The number of benzene rings is 1. The van der Waals surface area contributed by atoms with Crippen LogP contribution in [0.3, 0.4) is 0 Å². The summed E-state index contributed by atoms with van der Waals surface area (Å²) in [5.74, 6) is 0.881. The van der Waals surface area contributed by atoms with Gasteiger partial charge in [0.15, 0.2) is 9.84 Å². The Morgan fingerprint density at radius 1 is 1.37 bits per heavy atom. The second-order valence-electron chi connectivity index (χ2n) is 4.79. The number of hydrogen-bond acceptors (Lipinski definition) is 5. The van der Waals surface area contributed by atoms with Crippen molar-refractivity contribution in [1.29, 1.82) is 0 Å². The summed E-state index contributed by atoms with van der Waals surface area (Å²) in [4.78, 5) is 12.4. The zero-order chi connectivity index (χ0) is 13.5. The molecule has 1 aromatic rings. The van der Waals surface area contributed by atoms with E-state index in [0.29, 0.717) is 12.2 Å². The van der Waals surface area contributed by atoms with E-state index >= 15 is 0 Å². The van der Waals surface area contributed by atoms with Crippen molar-refractivity contribution in [2.45, 2.75) is 17.4 Å². The van der Waals surface area contributed by atoms with Gasteiger partial charge in [0.25, 0.3) is 0 Å². The van der Waals surface area contributed by atoms with Crippen LogP contribution in [0, 0.1) is 0 Å². The van der Waals surface area contributed by atoms with Crippen molar-refractivity contribution in [1.82, 2.24) is 0 Å². The third-order valence-corrected chi connectivity index (χ3v) is 6.06. The van der Waals surface area contributed by atoms with Crippen molar-refractivity contribution < 1.29 is 13.2 Å². The monoisotopic (exact) mass is 298 g/mol. The fourth-order valence-corrected chi connectivity index (χ4v) is 4.78. The molecule has 7 heteroatoms. The summed E-state index contributed by atoms with van der Waals surface area (Å²) < 4.78 is 22.8. The molecule has 0 bridgehead atoms. The smallest absolute Gasteiger partial charge is 0.234 e. The van der Waals surface area contributed by atoms with Gasteiger partial charge in [0.1, 0.15) is 0 Å². The number of carbonyl (C=O) groups is 1. The van der Waals surface area contributed by atoms with Crippen molar-refractivity contribution in [3.05, 3.63) is 18.2 Å². The van der Waals surface area contributed by atoms with Crippen molar-refractivity contribution >= 4 is 38.9 Å². The summed E-state index contributed by atoms with van der Waals surface area (Å²) >= 11 is 1.51. The third kappa shape index (κ3) is 2.87. The zero-order valence-electron chi connectivity index (χ0n) is 10.2. The molecule has 2 aliphatic rings. The summed E-state index contributed by atoms with van der Waals surface area (Å²) in [5, 5.41) is 6.05. The highest BCUT2D eigenvalue weighted by molar-refractivity contribution is 8.00. The van der Waals surface area contributed by atoms with Gasteiger partial charge in [0.05, 0.1) is 22.9 Å². The van der Waals surface area contributed by atoms with E-state index in [9.17, 15) is 13.2 Å². The number of rotatable bonds is 2. The van der Waals surface area contributed by atoms with Crippen molar-refractivity contribution in [2.75, 3.05) is 27.9 Å². The van der Waals surface area contributed by atoms with E-state index in [1.165, 1.54) is 11.8 Å². The molecule has 5 nitrogen and oxygen atoms in total. The number of sulfone groups is 1. The number of amides is 1. The lowest BCUT2D eigenvalue weighted by Gasteiger charge is -2.19. The lowest BCUT2D eigenvalue weighted by Crippen LogP contribution is -2.22. The van der Waals surface area contributed by atoms with Crippen LogP contribution < -0.4 is 10.6 Å². The van der Waals surface area contributed by atoms with Gasteiger partial charge in [-0.2, -0.15) is 0 Å². The van der Waals surface area contributed by atoms with Crippen LogP contribution in [0.4, 0.5) is 11.4 Å². The van der Waals surface area contributed by atoms with Gasteiger partial charge in [-0.05, 0) is 24.6 Å². The molecule has 0 spiro atoms. The first-order chi connectivity index (χ1) is 9.02. The first-order valence-corrected chi connectivity index (χ1v) is 8.86. The first-order valence-electron chi connectivity index (χ1n) is 6.05. The highest BCUT2D eigenvalue weighted by Gasteiger charge is 2.27. The van der Waals surface area contributed by atoms with Crippen LogP contribution in [0.25, 0.3) is 0 Å². The van der Waals surface area contributed by atoms with E-state index in [-0.39, 0.29) is 23.5 Å². The van der Waals surface area contributed by atoms with E-state index < -0.39 is 9.84 Å².